The van der Waals surface area contributed by atoms with Crippen molar-refractivity contribution in [2.75, 3.05) is 0 Å². The molecule has 0 spiro atoms. The predicted molar refractivity (Wildman–Crippen MR) is 55.5 cm³/mol. The largest absolute Gasteiger partial charge is 0.392 e. The van der Waals surface area contributed by atoms with Crippen LogP contribution in [0.1, 0.15) is 5.56 Å². The molecule has 0 saturated carbocycles. The van der Waals surface area contributed by atoms with Crippen molar-refractivity contribution in [3.05, 3.63) is 53.6 Å². The van der Waals surface area contributed by atoms with E-state index in [0.717, 1.165) is 12.3 Å². The molecule has 0 saturated heterocycles. The predicted octanol–water partition coefficient (Wildman–Crippen LogP) is 2.66. The van der Waals surface area contributed by atoms with Gasteiger partial charge in [-0.25, -0.2) is 13.2 Å². The van der Waals surface area contributed by atoms with Crippen molar-refractivity contribution in [1.82, 2.24) is 4.98 Å². The highest BCUT2D eigenvalue weighted by Gasteiger charge is 2.15. The van der Waals surface area contributed by atoms with Gasteiger partial charge in [0.25, 0.3) is 0 Å². The fourth-order valence-electron chi connectivity index (χ4n) is 1.57. The molecule has 2 nitrogen and oxygen atoms in total. The van der Waals surface area contributed by atoms with E-state index in [0.29, 0.717) is 0 Å². The van der Waals surface area contributed by atoms with Crippen LogP contribution in [0.2, 0.25) is 0 Å². The zero-order chi connectivity index (χ0) is 12.4. The first-order chi connectivity index (χ1) is 8.15. The summed E-state index contributed by atoms with van der Waals surface area (Å²) >= 11 is 0. The van der Waals surface area contributed by atoms with Crippen LogP contribution in [0.25, 0.3) is 11.1 Å². The van der Waals surface area contributed by atoms with E-state index in [1.807, 2.05) is 0 Å². The number of nitrogens with zero attached hydrogens (tertiary/aromatic N) is 1. The Morgan fingerprint density at radius 1 is 1.00 bits per heavy atom. The van der Waals surface area contributed by atoms with Crippen LogP contribution in [0, 0.1) is 17.5 Å². The normalized spacial score (nSPS) is 10.6. The Bertz CT molecular complexity index is 557. The van der Waals surface area contributed by atoms with Crippen molar-refractivity contribution >= 4 is 0 Å². The van der Waals surface area contributed by atoms with Gasteiger partial charge in [-0.05, 0) is 6.07 Å². The third-order valence-corrected chi connectivity index (χ3v) is 2.40. The summed E-state index contributed by atoms with van der Waals surface area (Å²) in [6, 6.07) is 3.57. The average Bonchev–Trinajstić information content (AvgIpc) is 2.32. The summed E-state index contributed by atoms with van der Waals surface area (Å²) in [5.41, 5.74) is -0.185. The van der Waals surface area contributed by atoms with E-state index in [1.54, 1.807) is 0 Å². The molecule has 1 N–H and O–H groups in total. The van der Waals surface area contributed by atoms with Gasteiger partial charge in [0.1, 0.15) is 5.82 Å². The fourth-order valence-corrected chi connectivity index (χ4v) is 1.57. The molecule has 0 aliphatic carbocycles. The number of aliphatic hydroxyl groups is 1. The molecular formula is C12H8F3NO. The molecule has 88 valence electrons. The first kappa shape index (κ1) is 11.6. The highest BCUT2D eigenvalue weighted by atomic mass is 19.2. The Morgan fingerprint density at radius 2 is 1.76 bits per heavy atom. The molecule has 0 aliphatic rings. The van der Waals surface area contributed by atoms with E-state index in [-0.39, 0.29) is 16.7 Å². The fraction of sp³-hybridized carbons (Fsp3) is 0.0833. The number of benzene rings is 1. The third kappa shape index (κ3) is 2.01. The molecule has 2 rings (SSSR count). The second-order valence-corrected chi connectivity index (χ2v) is 3.41. The van der Waals surface area contributed by atoms with Crippen LogP contribution in [-0.4, -0.2) is 10.1 Å². The van der Waals surface area contributed by atoms with Crippen LogP contribution < -0.4 is 0 Å². The first-order valence-corrected chi connectivity index (χ1v) is 4.82. The standard InChI is InChI=1S/C12H8F3NO/c13-10-3-1-2-7(12(10)15)8-4-16-5-11(14)9(8)6-17/h1-5,17H,6H2. The van der Waals surface area contributed by atoms with E-state index in [9.17, 15) is 13.2 Å². The van der Waals surface area contributed by atoms with Crippen LogP contribution in [-0.2, 0) is 6.61 Å². The van der Waals surface area contributed by atoms with Crippen molar-refractivity contribution in [3.8, 4) is 11.1 Å². The molecule has 1 aromatic carbocycles. The van der Waals surface area contributed by atoms with E-state index >= 15 is 0 Å². The number of rotatable bonds is 2. The second kappa shape index (κ2) is 4.55. The van der Waals surface area contributed by atoms with E-state index < -0.39 is 24.1 Å². The van der Waals surface area contributed by atoms with Crippen LogP contribution in [0.5, 0.6) is 0 Å². The molecule has 17 heavy (non-hydrogen) atoms. The SMILES string of the molecule is OCc1c(F)cncc1-c1cccc(F)c1F. The van der Waals surface area contributed by atoms with E-state index in [2.05, 4.69) is 4.98 Å². The van der Waals surface area contributed by atoms with Gasteiger partial charge in [0, 0.05) is 22.9 Å². The first-order valence-electron chi connectivity index (χ1n) is 4.82. The summed E-state index contributed by atoms with van der Waals surface area (Å²) in [4.78, 5) is 3.56. The molecule has 0 aliphatic heterocycles. The van der Waals surface area contributed by atoms with E-state index in [4.69, 9.17) is 5.11 Å². The second-order valence-electron chi connectivity index (χ2n) is 3.41. The number of halogens is 3. The Balaban J connectivity index is 2.68. The lowest BCUT2D eigenvalue weighted by molar-refractivity contribution is 0.276. The smallest absolute Gasteiger partial charge is 0.166 e. The molecule has 5 heteroatoms. The third-order valence-electron chi connectivity index (χ3n) is 2.40. The lowest BCUT2D eigenvalue weighted by Gasteiger charge is -2.09. The Labute approximate surface area is 95.4 Å². The van der Waals surface area contributed by atoms with Gasteiger partial charge >= 0.3 is 0 Å². The van der Waals surface area contributed by atoms with Gasteiger partial charge in [0.15, 0.2) is 11.6 Å². The monoisotopic (exact) mass is 239 g/mol. The molecule has 0 atom stereocenters. The van der Waals surface area contributed by atoms with Gasteiger partial charge in [-0.2, -0.15) is 0 Å². The van der Waals surface area contributed by atoms with Gasteiger partial charge in [0.2, 0.25) is 0 Å². The van der Waals surface area contributed by atoms with Crippen molar-refractivity contribution in [1.29, 1.82) is 0 Å². The Morgan fingerprint density at radius 3 is 2.47 bits per heavy atom. The number of aliphatic hydroxyl groups excluding tert-OH is 1. The zero-order valence-electron chi connectivity index (χ0n) is 8.62. The van der Waals surface area contributed by atoms with Gasteiger partial charge in [0.05, 0.1) is 12.8 Å². The van der Waals surface area contributed by atoms with Crippen LogP contribution in [0.4, 0.5) is 13.2 Å². The summed E-state index contributed by atoms with van der Waals surface area (Å²) in [6.07, 6.45) is 2.10. The van der Waals surface area contributed by atoms with Gasteiger partial charge in [-0.3, -0.25) is 4.98 Å². The topological polar surface area (TPSA) is 33.1 Å². The zero-order valence-corrected chi connectivity index (χ0v) is 8.62. The molecule has 0 fully saturated rings. The lowest BCUT2D eigenvalue weighted by atomic mass is 10.0. The molecule has 1 heterocycles. The maximum Gasteiger partial charge on any atom is 0.166 e. The number of pyridine rings is 1. The number of hydrogen-bond donors (Lipinski definition) is 1. The molecule has 0 amide bonds. The van der Waals surface area contributed by atoms with Crippen LogP contribution in [0.15, 0.2) is 30.6 Å². The van der Waals surface area contributed by atoms with Crippen LogP contribution in [0.3, 0.4) is 0 Å². The maximum absolute atomic E-state index is 13.5. The van der Waals surface area contributed by atoms with Crippen LogP contribution >= 0.6 is 0 Å². The molecular weight excluding hydrogens is 231 g/mol. The molecule has 1 aromatic heterocycles. The summed E-state index contributed by atoms with van der Waals surface area (Å²) in [5, 5.41) is 9.04. The summed E-state index contributed by atoms with van der Waals surface area (Å²) in [6.45, 7) is -0.611. The average molecular weight is 239 g/mol. The lowest BCUT2D eigenvalue weighted by Crippen LogP contribution is -1.98. The molecule has 0 radical (unpaired) electrons. The number of aromatic nitrogens is 1. The van der Waals surface area contributed by atoms with Crippen molar-refractivity contribution in [2.24, 2.45) is 0 Å². The minimum absolute atomic E-state index is 0.0458. The quantitative estimate of drug-likeness (QED) is 0.873. The minimum atomic E-state index is -1.09. The Hall–Kier alpha value is -1.88. The Kier molecular flexibility index (Phi) is 3.10. The molecule has 2 aromatic rings. The summed E-state index contributed by atoms with van der Waals surface area (Å²) in [5.74, 6) is -2.88. The summed E-state index contributed by atoms with van der Waals surface area (Å²) in [7, 11) is 0. The van der Waals surface area contributed by atoms with Crippen molar-refractivity contribution in [3.63, 3.8) is 0 Å². The summed E-state index contributed by atoms with van der Waals surface area (Å²) < 4.78 is 39.9. The highest BCUT2D eigenvalue weighted by molar-refractivity contribution is 5.67. The van der Waals surface area contributed by atoms with E-state index in [1.165, 1.54) is 18.3 Å². The molecule has 0 bridgehead atoms. The van der Waals surface area contributed by atoms with Crippen molar-refractivity contribution in [2.45, 2.75) is 6.61 Å². The number of hydrogen-bond acceptors (Lipinski definition) is 2. The van der Waals surface area contributed by atoms with Gasteiger partial charge in [-0.15, -0.1) is 0 Å². The maximum atomic E-state index is 13.5. The highest BCUT2D eigenvalue weighted by Crippen LogP contribution is 2.28. The van der Waals surface area contributed by atoms with Gasteiger partial charge < -0.3 is 5.11 Å². The molecule has 0 unspecified atom stereocenters. The van der Waals surface area contributed by atoms with Gasteiger partial charge in [-0.1, -0.05) is 12.1 Å². The minimum Gasteiger partial charge on any atom is -0.392 e. The van der Waals surface area contributed by atoms with Crippen molar-refractivity contribution < 1.29 is 18.3 Å².